The van der Waals surface area contributed by atoms with Gasteiger partial charge in [-0.05, 0) is 50.9 Å². The van der Waals surface area contributed by atoms with E-state index in [1.54, 1.807) is 29.6 Å². The first-order valence-corrected chi connectivity index (χ1v) is 12.7. The Bertz CT molecular complexity index is 1080. The number of aromatic nitrogens is 2. The van der Waals surface area contributed by atoms with Crippen molar-refractivity contribution in [3.05, 3.63) is 53.5 Å². The number of nitrogens with zero attached hydrogens (tertiary/aromatic N) is 4. The minimum atomic E-state index is -0.321. The molecule has 1 amide bonds. The summed E-state index contributed by atoms with van der Waals surface area (Å²) < 4.78 is 11.9. The number of hydrogen-bond donors (Lipinski definition) is 1. The lowest BCUT2D eigenvalue weighted by atomic mass is 9.97. The van der Waals surface area contributed by atoms with Gasteiger partial charge in [-0.2, -0.15) is 0 Å². The van der Waals surface area contributed by atoms with E-state index in [-0.39, 0.29) is 30.6 Å². The van der Waals surface area contributed by atoms with Crippen LogP contribution in [0.4, 0.5) is 0 Å². The molecule has 1 N–H and O–H groups in total. The van der Waals surface area contributed by atoms with Crippen LogP contribution in [-0.4, -0.2) is 89.4 Å². The van der Waals surface area contributed by atoms with E-state index in [9.17, 15) is 9.90 Å². The lowest BCUT2D eigenvalue weighted by molar-refractivity contribution is 0.0254. The first kappa shape index (κ1) is 26.1. The van der Waals surface area contributed by atoms with Gasteiger partial charge in [0.05, 0.1) is 12.6 Å². The summed E-state index contributed by atoms with van der Waals surface area (Å²) in [5.41, 5.74) is 1.83. The molecule has 2 aliphatic rings. The maximum Gasteiger partial charge on any atom is 0.259 e. The number of rotatable bonds is 6. The predicted molar refractivity (Wildman–Crippen MR) is 137 cm³/mol. The van der Waals surface area contributed by atoms with Crippen molar-refractivity contribution >= 4 is 5.91 Å². The molecule has 0 aromatic carbocycles. The Morgan fingerprint density at radius 1 is 1.19 bits per heavy atom. The number of hydrogen-bond acceptors (Lipinski definition) is 7. The Morgan fingerprint density at radius 2 is 1.92 bits per heavy atom. The molecule has 0 aliphatic carbocycles. The molecular weight excluding hydrogens is 456 g/mol. The summed E-state index contributed by atoms with van der Waals surface area (Å²) in [4.78, 5) is 26.2. The number of aliphatic hydroxyl groups is 1. The number of carbonyl (C=O) groups excluding carboxylic acids is 1. The summed E-state index contributed by atoms with van der Waals surface area (Å²) in [6.07, 6.45) is 7.03. The van der Waals surface area contributed by atoms with Crippen molar-refractivity contribution in [3.63, 3.8) is 0 Å². The highest BCUT2D eigenvalue weighted by Gasteiger charge is 2.34. The molecule has 3 atom stereocenters. The van der Waals surface area contributed by atoms with Crippen LogP contribution < -0.4 is 4.74 Å². The van der Waals surface area contributed by atoms with Gasteiger partial charge >= 0.3 is 0 Å². The van der Waals surface area contributed by atoms with Gasteiger partial charge in [-0.25, -0.2) is 4.98 Å². The number of amides is 1. The molecule has 192 valence electrons. The molecule has 2 aromatic heterocycles. The Balaban J connectivity index is 1.59. The van der Waals surface area contributed by atoms with Gasteiger partial charge in [-0.1, -0.05) is 18.8 Å². The van der Waals surface area contributed by atoms with Gasteiger partial charge in [0.25, 0.3) is 5.91 Å². The molecule has 4 rings (SSSR count). The molecule has 36 heavy (non-hydrogen) atoms. The van der Waals surface area contributed by atoms with Crippen molar-refractivity contribution in [2.24, 2.45) is 11.8 Å². The van der Waals surface area contributed by atoms with Gasteiger partial charge in [0.15, 0.2) is 0 Å². The molecule has 0 spiro atoms. The quantitative estimate of drug-likeness (QED) is 0.620. The molecule has 4 heterocycles. The Kier molecular flexibility index (Phi) is 8.92. The highest BCUT2D eigenvalue weighted by molar-refractivity contribution is 5.97. The monoisotopic (exact) mass is 492 g/mol. The average molecular weight is 493 g/mol. The number of fused-ring (bicyclic) bond motifs is 1. The number of aliphatic hydroxyl groups excluding tert-OH is 1. The second-order valence-electron chi connectivity index (χ2n) is 9.96. The van der Waals surface area contributed by atoms with E-state index in [0.29, 0.717) is 29.5 Å². The summed E-state index contributed by atoms with van der Waals surface area (Å²) in [5, 5.41) is 9.87. The Hall–Kier alpha value is -2.99. The van der Waals surface area contributed by atoms with Crippen LogP contribution in [0.5, 0.6) is 5.88 Å². The molecule has 1 fully saturated rings. The standard InChI is InChI=1S/C28H36N4O4/c1-20-16-32(21(2)19-33)28(34)25-14-24(5-4-22-6-10-29-11-7-22)15-30-27(25)36-26(20)18-31(3)17-23-8-12-35-13-9-23/h6-7,10-11,14-15,20-21,23,26,33H,8-9,12-13,16-19H2,1-3H3/t20-,21-,26+/m1/s1. The fourth-order valence-electron chi connectivity index (χ4n) is 4.72. The second-order valence-corrected chi connectivity index (χ2v) is 9.96. The number of pyridine rings is 2. The third-order valence-corrected chi connectivity index (χ3v) is 6.95. The average Bonchev–Trinajstić information content (AvgIpc) is 2.90. The van der Waals surface area contributed by atoms with Crippen LogP contribution in [0, 0.1) is 23.7 Å². The van der Waals surface area contributed by atoms with Crippen molar-refractivity contribution in [2.45, 2.75) is 38.8 Å². The zero-order valence-electron chi connectivity index (χ0n) is 21.4. The molecule has 2 aromatic rings. The molecule has 2 aliphatic heterocycles. The van der Waals surface area contributed by atoms with E-state index in [1.165, 1.54) is 0 Å². The van der Waals surface area contributed by atoms with Crippen molar-refractivity contribution < 1.29 is 19.4 Å². The lowest BCUT2D eigenvalue weighted by Gasteiger charge is -2.38. The highest BCUT2D eigenvalue weighted by atomic mass is 16.5. The van der Waals surface area contributed by atoms with E-state index in [1.807, 2.05) is 19.1 Å². The summed E-state index contributed by atoms with van der Waals surface area (Å²) in [7, 11) is 2.12. The highest BCUT2D eigenvalue weighted by Crippen LogP contribution is 2.27. The van der Waals surface area contributed by atoms with Crippen LogP contribution in [0.15, 0.2) is 36.8 Å². The topological polar surface area (TPSA) is 88.0 Å². The maximum atomic E-state index is 13.6. The van der Waals surface area contributed by atoms with Gasteiger partial charge in [0.2, 0.25) is 5.88 Å². The maximum absolute atomic E-state index is 13.6. The SMILES string of the molecule is C[C@@H]1CN([C@H](C)CO)C(=O)c2cc(C#Cc3ccncc3)cnc2O[C@H]1CN(C)CC1CCOCC1. The second kappa shape index (κ2) is 12.3. The first-order valence-electron chi connectivity index (χ1n) is 12.7. The third kappa shape index (κ3) is 6.61. The number of carbonyl (C=O) groups is 1. The summed E-state index contributed by atoms with van der Waals surface area (Å²) in [6, 6.07) is 5.08. The van der Waals surface area contributed by atoms with E-state index in [4.69, 9.17) is 9.47 Å². The van der Waals surface area contributed by atoms with Crippen molar-refractivity contribution in [2.75, 3.05) is 46.5 Å². The lowest BCUT2D eigenvalue weighted by Crippen LogP contribution is -2.50. The Labute approximate surface area is 213 Å². The first-order chi connectivity index (χ1) is 17.4. The van der Waals surface area contributed by atoms with E-state index in [0.717, 1.165) is 44.7 Å². The van der Waals surface area contributed by atoms with Crippen LogP contribution in [0.1, 0.15) is 48.2 Å². The zero-order valence-corrected chi connectivity index (χ0v) is 21.4. The van der Waals surface area contributed by atoms with E-state index in [2.05, 4.69) is 40.7 Å². The Morgan fingerprint density at radius 3 is 2.64 bits per heavy atom. The molecule has 8 heteroatoms. The normalized spacial score (nSPS) is 21.6. The van der Waals surface area contributed by atoms with Gasteiger partial charge in [-0.3, -0.25) is 9.78 Å². The summed E-state index contributed by atoms with van der Waals surface area (Å²) in [6.45, 7) is 7.69. The number of ether oxygens (including phenoxy) is 2. The van der Waals surface area contributed by atoms with Crippen LogP contribution >= 0.6 is 0 Å². The van der Waals surface area contributed by atoms with E-state index < -0.39 is 0 Å². The molecule has 1 saturated heterocycles. The smallest absolute Gasteiger partial charge is 0.259 e. The summed E-state index contributed by atoms with van der Waals surface area (Å²) >= 11 is 0. The zero-order chi connectivity index (χ0) is 25.5. The van der Waals surface area contributed by atoms with Crippen LogP contribution in [0.3, 0.4) is 0 Å². The van der Waals surface area contributed by atoms with Gasteiger partial charge in [0, 0.05) is 68.5 Å². The van der Waals surface area contributed by atoms with Crippen LogP contribution in [0.25, 0.3) is 0 Å². The van der Waals surface area contributed by atoms with Crippen molar-refractivity contribution in [1.82, 2.24) is 19.8 Å². The van der Waals surface area contributed by atoms with Crippen molar-refractivity contribution in [3.8, 4) is 17.7 Å². The molecule has 0 unspecified atom stereocenters. The fourth-order valence-corrected chi connectivity index (χ4v) is 4.72. The molecule has 0 saturated carbocycles. The fraction of sp³-hybridized carbons (Fsp3) is 0.536. The van der Waals surface area contributed by atoms with Crippen molar-refractivity contribution in [1.29, 1.82) is 0 Å². The molecular formula is C28H36N4O4. The minimum Gasteiger partial charge on any atom is -0.472 e. The molecule has 8 nitrogen and oxygen atoms in total. The predicted octanol–water partition coefficient (Wildman–Crippen LogP) is 2.45. The van der Waals surface area contributed by atoms with Gasteiger partial charge in [0.1, 0.15) is 11.7 Å². The molecule has 0 radical (unpaired) electrons. The molecule has 0 bridgehead atoms. The van der Waals surface area contributed by atoms with E-state index >= 15 is 0 Å². The van der Waals surface area contributed by atoms with Gasteiger partial charge < -0.3 is 24.4 Å². The third-order valence-electron chi connectivity index (χ3n) is 6.95. The number of likely N-dealkylation sites (N-methyl/N-ethyl adjacent to an activating group) is 1. The minimum absolute atomic E-state index is 0.0567. The van der Waals surface area contributed by atoms with Gasteiger partial charge in [-0.15, -0.1) is 0 Å². The van der Waals surface area contributed by atoms with Crippen LogP contribution in [0.2, 0.25) is 0 Å². The van der Waals surface area contributed by atoms with Crippen LogP contribution in [-0.2, 0) is 4.74 Å². The largest absolute Gasteiger partial charge is 0.472 e. The summed E-state index contributed by atoms with van der Waals surface area (Å²) in [5.74, 6) is 6.97.